The van der Waals surface area contributed by atoms with Crippen LogP contribution >= 0.6 is 11.8 Å². The van der Waals surface area contributed by atoms with Crippen molar-refractivity contribution in [2.24, 2.45) is 5.10 Å². The normalized spacial score (nSPS) is 11.1. The highest BCUT2D eigenvalue weighted by atomic mass is 32.2. The zero-order chi connectivity index (χ0) is 21.6. The highest BCUT2D eigenvalue weighted by Crippen LogP contribution is 2.22. The minimum atomic E-state index is -0.302. The van der Waals surface area contributed by atoms with Gasteiger partial charge in [0.2, 0.25) is 0 Å². The first-order valence-corrected chi connectivity index (χ1v) is 10.5. The summed E-state index contributed by atoms with van der Waals surface area (Å²) in [4.78, 5) is 34.2. The number of pyridine rings is 1. The molecule has 2 aromatic heterocycles. The van der Waals surface area contributed by atoms with Crippen molar-refractivity contribution in [1.29, 1.82) is 0 Å². The van der Waals surface area contributed by atoms with Crippen LogP contribution in [0.2, 0.25) is 0 Å². The molecule has 0 aliphatic rings. The number of aromatic nitrogens is 3. The number of carbonyl (C=O) groups is 1. The Hall–Kier alpha value is -3.78. The third-order valence-corrected chi connectivity index (χ3v) is 5.46. The van der Waals surface area contributed by atoms with Gasteiger partial charge in [0.05, 0.1) is 28.6 Å². The Morgan fingerprint density at radius 3 is 2.74 bits per heavy atom. The van der Waals surface area contributed by atoms with E-state index in [0.29, 0.717) is 16.1 Å². The summed E-state index contributed by atoms with van der Waals surface area (Å²) in [6.45, 7) is 1.94. The predicted molar refractivity (Wildman–Crippen MR) is 123 cm³/mol. The number of thioether (sulfide) groups is 1. The number of rotatable bonds is 6. The van der Waals surface area contributed by atoms with Gasteiger partial charge >= 0.3 is 0 Å². The maximum absolute atomic E-state index is 13.3. The van der Waals surface area contributed by atoms with E-state index >= 15 is 0 Å². The number of amides is 1. The van der Waals surface area contributed by atoms with Crippen molar-refractivity contribution >= 4 is 34.8 Å². The second-order valence-corrected chi connectivity index (χ2v) is 7.65. The number of nitrogens with zero attached hydrogens (tertiary/aromatic N) is 4. The SMILES string of the molecule is Cc1ccccc1-n1c(SCC(=O)NN=Cc2cccnc2)nc2ccccc2c1=O. The van der Waals surface area contributed by atoms with E-state index < -0.39 is 0 Å². The number of benzene rings is 2. The van der Waals surface area contributed by atoms with E-state index in [0.717, 1.165) is 16.8 Å². The summed E-state index contributed by atoms with van der Waals surface area (Å²) in [5.74, 6) is -0.245. The number of aryl methyl sites for hydroxylation is 1. The van der Waals surface area contributed by atoms with Crippen LogP contribution in [0, 0.1) is 6.92 Å². The van der Waals surface area contributed by atoms with Gasteiger partial charge < -0.3 is 0 Å². The van der Waals surface area contributed by atoms with E-state index in [-0.39, 0.29) is 17.2 Å². The van der Waals surface area contributed by atoms with Gasteiger partial charge in [-0.05, 0) is 36.8 Å². The lowest BCUT2D eigenvalue weighted by Crippen LogP contribution is -2.24. The predicted octanol–water partition coefficient (Wildman–Crippen LogP) is 3.33. The summed E-state index contributed by atoms with van der Waals surface area (Å²) >= 11 is 1.19. The average molecular weight is 430 g/mol. The molecule has 0 aliphatic heterocycles. The minimum absolute atomic E-state index is 0.0566. The van der Waals surface area contributed by atoms with Crippen LogP contribution in [0.1, 0.15) is 11.1 Å². The fraction of sp³-hybridized carbons (Fsp3) is 0.0870. The van der Waals surface area contributed by atoms with Crippen LogP contribution in [-0.4, -0.2) is 32.4 Å². The molecule has 0 fully saturated rings. The van der Waals surface area contributed by atoms with Gasteiger partial charge in [-0.15, -0.1) is 0 Å². The lowest BCUT2D eigenvalue weighted by molar-refractivity contribution is -0.118. The summed E-state index contributed by atoms with van der Waals surface area (Å²) in [7, 11) is 0. The zero-order valence-electron chi connectivity index (χ0n) is 16.7. The molecule has 2 aromatic carbocycles. The van der Waals surface area contributed by atoms with Crippen molar-refractivity contribution < 1.29 is 4.79 Å². The van der Waals surface area contributed by atoms with Crippen molar-refractivity contribution in [3.8, 4) is 5.69 Å². The number of hydrazone groups is 1. The van der Waals surface area contributed by atoms with Crippen molar-refractivity contribution in [3.05, 3.63) is 94.5 Å². The summed E-state index contributed by atoms with van der Waals surface area (Å²) in [6, 6.07) is 18.4. The van der Waals surface area contributed by atoms with Gasteiger partial charge in [0.15, 0.2) is 5.16 Å². The van der Waals surface area contributed by atoms with Gasteiger partial charge in [0.1, 0.15) is 0 Å². The number of para-hydroxylation sites is 2. The van der Waals surface area contributed by atoms with Crippen molar-refractivity contribution in [2.75, 3.05) is 5.75 Å². The Balaban J connectivity index is 1.60. The molecule has 4 aromatic rings. The maximum Gasteiger partial charge on any atom is 0.266 e. The average Bonchev–Trinajstić information content (AvgIpc) is 2.79. The van der Waals surface area contributed by atoms with Crippen LogP contribution in [0.3, 0.4) is 0 Å². The monoisotopic (exact) mass is 429 g/mol. The van der Waals surface area contributed by atoms with Crippen LogP contribution in [0.25, 0.3) is 16.6 Å². The van der Waals surface area contributed by atoms with E-state index in [1.54, 1.807) is 35.2 Å². The first-order valence-electron chi connectivity index (χ1n) is 9.56. The Kier molecular flexibility index (Phi) is 6.18. The number of carbonyl (C=O) groups excluding carboxylic acids is 1. The molecule has 0 radical (unpaired) electrons. The number of nitrogens with one attached hydrogen (secondary N) is 1. The molecule has 154 valence electrons. The van der Waals surface area contributed by atoms with Crippen LogP contribution in [0.5, 0.6) is 0 Å². The van der Waals surface area contributed by atoms with Crippen LogP contribution in [0.15, 0.2) is 88.1 Å². The Morgan fingerprint density at radius 2 is 1.94 bits per heavy atom. The van der Waals surface area contributed by atoms with E-state index in [4.69, 9.17) is 0 Å². The van der Waals surface area contributed by atoms with E-state index in [9.17, 15) is 9.59 Å². The first kappa shape index (κ1) is 20.5. The fourth-order valence-corrected chi connectivity index (χ4v) is 3.83. The Bertz CT molecular complexity index is 1320. The van der Waals surface area contributed by atoms with Gasteiger partial charge in [0, 0.05) is 18.0 Å². The molecule has 0 atom stereocenters. The summed E-state index contributed by atoms with van der Waals surface area (Å²) in [6.07, 6.45) is 4.83. The molecule has 7 nitrogen and oxygen atoms in total. The molecule has 0 spiro atoms. The molecule has 2 heterocycles. The van der Waals surface area contributed by atoms with E-state index in [2.05, 4.69) is 20.5 Å². The maximum atomic E-state index is 13.3. The molecule has 0 unspecified atom stereocenters. The molecular weight excluding hydrogens is 410 g/mol. The molecule has 4 rings (SSSR count). The quantitative estimate of drug-likeness (QED) is 0.220. The fourth-order valence-electron chi connectivity index (χ4n) is 3.03. The molecule has 0 saturated carbocycles. The molecule has 0 saturated heterocycles. The minimum Gasteiger partial charge on any atom is -0.272 e. The number of hydrogen-bond donors (Lipinski definition) is 1. The highest BCUT2D eigenvalue weighted by Gasteiger charge is 2.15. The van der Waals surface area contributed by atoms with Crippen LogP contribution in [-0.2, 0) is 4.79 Å². The third kappa shape index (κ3) is 4.70. The molecule has 1 N–H and O–H groups in total. The number of hydrogen-bond acceptors (Lipinski definition) is 6. The molecule has 8 heteroatoms. The standard InChI is InChI=1S/C23H19N5O2S/c1-16-7-2-5-11-20(16)28-22(30)18-9-3-4-10-19(18)26-23(28)31-15-21(29)27-25-14-17-8-6-12-24-13-17/h2-14H,15H2,1H3,(H,27,29). The second kappa shape index (κ2) is 9.36. The van der Waals surface area contributed by atoms with Gasteiger partial charge in [-0.25, -0.2) is 10.4 Å². The summed E-state index contributed by atoms with van der Waals surface area (Å²) in [5, 5.41) is 4.93. The smallest absolute Gasteiger partial charge is 0.266 e. The van der Waals surface area contributed by atoms with Gasteiger partial charge in [-0.1, -0.05) is 48.2 Å². The van der Waals surface area contributed by atoms with Gasteiger partial charge in [0.25, 0.3) is 11.5 Å². The summed E-state index contributed by atoms with van der Waals surface area (Å²) in [5.41, 5.74) is 5.37. The number of fused-ring (bicyclic) bond motifs is 1. The topological polar surface area (TPSA) is 89.2 Å². The van der Waals surface area contributed by atoms with E-state index in [1.165, 1.54) is 18.0 Å². The zero-order valence-corrected chi connectivity index (χ0v) is 17.5. The van der Waals surface area contributed by atoms with Crippen LogP contribution < -0.4 is 11.0 Å². The lowest BCUT2D eigenvalue weighted by atomic mass is 10.2. The Morgan fingerprint density at radius 1 is 1.13 bits per heavy atom. The Labute approximate surface area is 182 Å². The lowest BCUT2D eigenvalue weighted by Gasteiger charge is -2.14. The highest BCUT2D eigenvalue weighted by molar-refractivity contribution is 7.99. The third-order valence-electron chi connectivity index (χ3n) is 4.52. The summed E-state index contributed by atoms with van der Waals surface area (Å²) < 4.78 is 1.56. The molecule has 0 bridgehead atoms. The molecule has 1 amide bonds. The second-order valence-electron chi connectivity index (χ2n) is 6.71. The van der Waals surface area contributed by atoms with Crippen LogP contribution in [0.4, 0.5) is 0 Å². The van der Waals surface area contributed by atoms with Crippen molar-refractivity contribution in [2.45, 2.75) is 12.1 Å². The largest absolute Gasteiger partial charge is 0.272 e. The van der Waals surface area contributed by atoms with Crippen molar-refractivity contribution in [1.82, 2.24) is 20.0 Å². The van der Waals surface area contributed by atoms with Gasteiger partial charge in [-0.3, -0.25) is 19.1 Å². The van der Waals surface area contributed by atoms with Crippen molar-refractivity contribution in [3.63, 3.8) is 0 Å². The molecule has 31 heavy (non-hydrogen) atoms. The van der Waals surface area contributed by atoms with E-state index in [1.807, 2.05) is 49.4 Å². The van der Waals surface area contributed by atoms with Gasteiger partial charge in [-0.2, -0.15) is 5.10 Å². The first-order chi connectivity index (χ1) is 15.1. The molecular formula is C23H19N5O2S. The molecule has 0 aliphatic carbocycles.